The second-order valence-electron chi connectivity index (χ2n) is 6.52. The van der Waals surface area contributed by atoms with Crippen LogP contribution in [0.1, 0.15) is 23.6 Å². The van der Waals surface area contributed by atoms with Gasteiger partial charge in [-0.2, -0.15) is 0 Å². The lowest BCUT2D eigenvalue weighted by atomic mass is 10.1. The highest BCUT2D eigenvalue weighted by Gasteiger charge is 2.26. The number of carbonyl (C=O) groups excluding carboxylic acids is 2. The second kappa shape index (κ2) is 9.42. The van der Waals surface area contributed by atoms with E-state index in [-0.39, 0.29) is 25.0 Å². The molecule has 0 saturated heterocycles. The van der Waals surface area contributed by atoms with Crippen LogP contribution in [0, 0.1) is 13.8 Å². The molecular weight excluding hydrogens is 364 g/mol. The molecule has 0 aromatic heterocycles. The molecule has 1 N–H and O–H groups in total. The molecular formula is C21H25ClN2O3. The molecule has 0 fully saturated rings. The van der Waals surface area contributed by atoms with Gasteiger partial charge < -0.3 is 15.0 Å². The first-order chi connectivity index (χ1) is 12.8. The summed E-state index contributed by atoms with van der Waals surface area (Å²) in [5.41, 5.74) is 2.89. The Labute approximate surface area is 165 Å². The first-order valence-electron chi connectivity index (χ1n) is 8.77. The molecule has 0 saturated carbocycles. The number of hydrogen-bond donors (Lipinski definition) is 1. The van der Waals surface area contributed by atoms with Crippen molar-refractivity contribution in [1.82, 2.24) is 10.2 Å². The van der Waals surface area contributed by atoms with Gasteiger partial charge in [0.15, 0.2) is 6.61 Å². The van der Waals surface area contributed by atoms with Gasteiger partial charge in [-0.05, 0) is 55.7 Å². The molecule has 0 spiro atoms. The molecule has 2 aromatic carbocycles. The largest absolute Gasteiger partial charge is 0.484 e. The van der Waals surface area contributed by atoms with E-state index in [0.29, 0.717) is 10.8 Å². The molecule has 27 heavy (non-hydrogen) atoms. The Morgan fingerprint density at radius 2 is 1.78 bits per heavy atom. The van der Waals surface area contributed by atoms with Gasteiger partial charge in [-0.25, -0.2) is 0 Å². The van der Waals surface area contributed by atoms with E-state index in [1.807, 2.05) is 50.2 Å². The summed E-state index contributed by atoms with van der Waals surface area (Å²) >= 11 is 6.23. The van der Waals surface area contributed by atoms with Crippen molar-refractivity contribution in [3.05, 3.63) is 64.2 Å². The van der Waals surface area contributed by atoms with Crippen molar-refractivity contribution in [1.29, 1.82) is 0 Å². The third kappa shape index (κ3) is 5.73. The summed E-state index contributed by atoms with van der Waals surface area (Å²) in [5, 5.41) is 3.13. The Morgan fingerprint density at radius 3 is 2.37 bits per heavy atom. The van der Waals surface area contributed by atoms with Crippen molar-refractivity contribution < 1.29 is 14.3 Å². The average Bonchev–Trinajstić information content (AvgIpc) is 2.63. The van der Waals surface area contributed by atoms with Gasteiger partial charge in [0, 0.05) is 18.6 Å². The van der Waals surface area contributed by atoms with Crippen molar-refractivity contribution in [2.75, 3.05) is 13.7 Å². The van der Waals surface area contributed by atoms with Crippen LogP contribution in [0.5, 0.6) is 5.75 Å². The maximum atomic E-state index is 12.8. The van der Waals surface area contributed by atoms with Gasteiger partial charge in [0.2, 0.25) is 5.91 Å². The van der Waals surface area contributed by atoms with Crippen LogP contribution in [-0.2, 0) is 16.1 Å². The minimum Gasteiger partial charge on any atom is -0.484 e. The van der Waals surface area contributed by atoms with Crippen LogP contribution < -0.4 is 10.1 Å². The lowest BCUT2D eigenvalue weighted by molar-refractivity contribution is -0.142. The van der Waals surface area contributed by atoms with Gasteiger partial charge in [-0.15, -0.1) is 0 Å². The fourth-order valence-corrected chi connectivity index (χ4v) is 3.04. The number of carbonyl (C=O) groups is 2. The van der Waals surface area contributed by atoms with E-state index in [1.54, 1.807) is 20.0 Å². The van der Waals surface area contributed by atoms with Gasteiger partial charge in [-0.1, -0.05) is 35.9 Å². The van der Waals surface area contributed by atoms with Gasteiger partial charge >= 0.3 is 0 Å². The molecule has 2 rings (SSSR count). The summed E-state index contributed by atoms with van der Waals surface area (Å²) < 4.78 is 5.69. The molecule has 6 heteroatoms. The normalized spacial score (nSPS) is 11.6. The van der Waals surface area contributed by atoms with Crippen LogP contribution in [0.3, 0.4) is 0 Å². The van der Waals surface area contributed by atoms with Crippen molar-refractivity contribution in [3.8, 4) is 5.75 Å². The minimum absolute atomic E-state index is 0.158. The van der Waals surface area contributed by atoms with E-state index in [4.69, 9.17) is 16.3 Å². The van der Waals surface area contributed by atoms with Crippen LogP contribution in [0.2, 0.25) is 5.02 Å². The summed E-state index contributed by atoms with van der Waals surface area (Å²) in [6.45, 7) is 5.69. The fourth-order valence-electron chi connectivity index (χ4n) is 2.85. The fraction of sp³-hybridized carbons (Fsp3) is 0.333. The van der Waals surface area contributed by atoms with Crippen molar-refractivity contribution in [2.24, 2.45) is 0 Å². The number of hydrogen-bond acceptors (Lipinski definition) is 3. The Bertz CT molecular complexity index is 803. The van der Waals surface area contributed by atoms with Gasteiger partial charge in [-0.3, -0.25) is 9.59 Å². The molecule has 2 amide bonds. The maximum absolute atomic E-state index is 12.8. The molecule has 5 nitrogen and oxygen atoms in total. The van der Waals surface area contributed by atoms with Crippen LogP contribution in [0.4, 0.5) is 0 Å². The highest BCUT2D eigenvalue weighted by Crippen LogP contribution is 2.20. The van der Waals surface area contributed by atoms with Crippen LogP contribution in [0.25, 0.3) is 0 Å². The smallest absolute Gasteiger partial charge is 0.261 e. The highest BCUT2D eigenvalue weighted by atomic mass is 35.5. The van der Waals surface area contributed by atoms with E-state index in [9.17, 15) is 9.59 Å². The number of halogens is 1. The molecule has 1 unspecified atom stereocenters. The Morgan fingerprint density at radius 1 is 1.15 bits per heavy atom. The zero-order valence-corrected chi connectivity index (χ0v) is 16.8. The van der Waals surface area contributed by atoms with E-state index < -0.39 is 6.04 Å². The summed E-state index contributed by atoms with van der Waals surface area (Å²) in [5.74, 6) is 0.0955. The Hall–Kier alpha value is -2.53. The lowest BCUT2D eigenvalue weighted by Gasteiger charge is -2.28. The van der Waals surface area contributed by atoms with Crippen LogP contribution in [0.15, 0.2) is 42.5 Å². The minimum atomic E-state index is -0.651. The van der Waals surface area contributed by atoms with Crippen molar-refractivity contribution in [2.45, 2.75) is 33.4 Å². The topological polar surface area (TPSA) is 58.6 Å². The van der Waals surface area contributed by atoms with Gasteiger partial charge in [0.05, 0.1) is 0 Å². The number of nitrogens with one attached hydrogen (secondary N) is 1. The lowest BCUT2D eigenvalue weighted by Crippen LogP contribution is -2.48. The second-order valence-corrected chi connectivity index (χ2v) is 6.92. The number of aryl methyl sites for hydroxylation is 2. The molecule has 2 aromatic rings. The number of nitrogens with zero attached hydrogens (tertiary/aromatic N) is 1. The monoisotopic (exact) mass is 388 g/mol. The zero-order chi connectivity index (χ0) is 20.0. The summed E-state index contributed by atoms with van der Waals surface area (Å²) in [7, 11) is 1.54. The molecule has 0 heterocycles. The summed E-state index contributed by atoms with van der Waals surface area (Å²) in [4.78, 5) is 26.4. The maximum Gasteiger partial charge on any atom is 0.261 e. The van der Waals surface area contributed by atoms with Crippen LogP contribution >= 0.6 is 11.6 Å². The van der Waals surface area contributed by atoms with E-state index in [0.717, 1.165) is 16.7 Å². The predicted octanol–water partition coefficient (Wildman–Crippen LogP) is 3.50. The SMILES string of the molecule is CNC(=O)C(C)N(Cc1ccccc1Cl)C(=O)COc1cc(C)cc(C)c1. The first-order valence-corrected chi connectivity index (χ1v) is 9.15. The predicted molar refractivity (Wildman–Crippen MR) is 107 cm³/mol. The Kier molecular flexibility index (Phi) is 7.25. The average molecular weight is 389 g/mol. The molecule has 144 valence electrons. The highest BCUT2D eigenvalue weighted by molar-refractivity contribution is 6.31. The third-order valence-electron chi connectivity index (χ3n) is 4.27. The van der Waals surface area contributed by atoms with Crippen molar-refractivity contribution >= 4 is 23.4 Å². The molecule has 0 aliphatic heterocycles. The van der Waals surface area contributed by atoms with E-state index in [2.05, 4.69) is 5.32 Å². The molecule has 0 radical (unpaired) electrons. The number of amides is 2. The summed E-state index contributed by atoms with van der Waals surface area (Å²) in [6, 6.07) is 12.4. The Balaban J connectivity index is 2.17. The van der Waals surface area contributed by atoms with E-state index in [1.165, 1.54) is 4.90 Å². The molecule has 0 aliphatic rings. The number of rotatable bonds is 7. The standard InChI is InChI=1S/C21H25ClN2O3/c1-14-9-15(2)11-18(10-14)27-13-20(25)24(16(3)21(26)23-4)12-17-7-5-6-8-19(17)22/h5-11,16H,12-13H2,1-4H3,(H,23,26). The number of ether oxygens (including phenoxy) is 1. The first kappa shape index (κ1) is 20.8. The van der Waals surface area contributed by atoms with Crippen molar-refractivity contribution in [3.63, 3.8) is 0 Å². The van der Waals surface area contributed by atoms with Gasteiger partial charge in [0.25, 0.3) is 5.91 Å². The van der Waals surface area contributed by atoms with Gasteiger partial charge in [0.1, 0.15) is 11.8 Å². The summed E-state index contributed by atoms with van der Waals surface area (Å²) in [6.07, 6.45) is 0. The number of benzene rings is 2. The molecule has 0 aliphatic carbocycles. The number of likely N-dealkylation sites (N-methyl/N-ethyl adjacent to an activating group) is 1. The van der Waals surface area contributed by atoms with E-state index >= 15 is 0 Å². The molecule has 1 atom stereocenters. The zero-order valence-electron chi connectivity index (χ0n) is 16.1. The molecule has 0 bridgehead atoms. The van der Waals surface area contributed by atoms with Crippen LogP contribution in [-0.4, -0.2) is 36.4 Å². The quantitative estimate of drug-likeness (QED) is 0.789. The third-order valence-corrected chi connectivity index (χ3v) is 4.64.